The molecule has 2 rings (SSSR count). The van der Waals surface area contributed by atoms with Gasteiger partial charge in [-0.2, -0.15) is 0 Å². The monoisotopic (exact) mass is 363 g/mol. The number of phenolic OH excluding ortho intramolecular Hbond substituents is 1. The number of aromatic hydroxyl groups is 1. The molecule has 1 heterocycles. The van der Waals surface area contributed by atoms with Crippen LogP contribution in [0.5, 0.6) is 5.75 Å². The number of carbonyl (C=O) groups is 3. The standard InChI is InChI=1S/C18H25N3O5/c1-20(2)8-5-9-21-11-12(10-15(21)22)17(24)19-14-7-4-6-13(16(14)23)18(25)26-3/h4,6-7,12,23H,5,8-11H2,1-3H3,(H,19,24). The molecule has 1 aliphatic heterocycles. The van der Waals surface area contributed by atoms with Gasteiger partial charge in [-0.15, -0.1) is 0 Å². The molecule has 0 spiro atoms. The topological polar surface area (TPSA) is 99.2 Å². The first-order valence-electron chi connectivity index (χ1n) is 8.47. The third-order valence-electron chi connectivity index (χ3n) is 4.32. The molecular formula is C18H25N3O5. The minimum Gasteiger partial charge on any atom is -0.505 e. The molecule has 2 amide bonds. The van der Waals surface area contributed by atoms with Crippen LogP contribution in [-0.4, -0.2) is 73.5 Å². The maximum atomic E-state index is 12.5. The zero-order valence-corrected chi connectivity index (χ0v) is 15.3. The van der Waals surface area contributed by atoms with Gasteiger partial charge in [0, 0.05) is 19.5 Å². The minimum absolute atomic E-state index is 0.0295. The summed E-state index contributed by atoms with van der Waals surface area (Å²) < 4.78 is 4.59. The maximum absolute atomic E-state index is 12.5. The summed E-state index contributed by atoms with van der Waals surface area (Å²) in [5, 5.41) is 12.8. The number of nitrogens with zero attached hydrogens (tertiary/aromatic N) is 2. The van der Waals surface area contributed by atoms with Crippen molar-refractivity contribution in [3.63, 3.8) is 0 Å². The fourth-order valence-corrected chi connectivity index (χ4v) is 2.90. The van der Waals surface area contributed by atoms with E-state index in [4.69, 9.17) is 0 Å². The molecule has 0 radical (unpaired) electrons. The largest absolute Gasteiger partial charge is 0.505 e. The number of carbonyl (C=O) groups excluding carboxylic acids is 3. The number of esters is 1. The highest BCUT2D eigenvalue weighted by molar-refractivity contribution is 6.01. The lowest BCUT2D eigenvalue weighted by atomic mass is 10.1. The highest BCUT2D eigenvalue weighted by Crippen LogP contribution is 2.29. The van der Waals surface area contributed by atoms with Crippen LogP contribution in [0.25, 0.3) is 0 Å². The summed E-state index contributed by atoms with van der Waals surface area (Å²) in [5.74, 6) is -1.92. The Balaban J connectivity index is 1.98. The van der Waals surface area contributed by atoms with Crippen LogP contribution in [-0.2, 0) is 14.3 Å². The highest BCUT2D eigenvalue weighted by Gasteiger charge is 2.34. The van der Waals surface area contributed by atoms with Crippen molar-refractivity contribution in [2.45, 2.75) is 12.8 Å². The van der Waals surface area contributed by atoms with E-state index in [-0.39, 0.29) is 35.2 Å². The Bertz CT molecular complexity index is 689. The van der Waals surface area contributed by atoms with E-state index in [2.05, 4.69) is 10.1 Å². The summed E-state index contributed by atoms with van der Waals surface area (Å²) in [6.07, 6.45) is 0.986. The van der Waals surface area contributed by atoms with E-state index in [9.17, 15) is 19.5 Å². The van der Waals surface area contributed by atoms with Gasteiger partial charge >= 0.3 is 5.97 Å². The normalized spacial score (nSPS) is 16.8. The Morgan fingerprint density at radius 3 is 2.77 bits per heavy atom. The number of amides is 2. The number of rotatable bonds is 7. The van der Waals surface area contributed by atoms with E-state index in [1.54, 1.807) is 4.90 Å². The van der Waals surface area contributed by atoms with Crippen LogP contribution in [0.4, 0.5) is 5.69 Å². The molecule has 8 nitrogen and oxygen atoms in total. The number of likely N-dealkylation sites (tertiary alicyclic amines) is 1. The molecular weight excluding hydrogens is 338 g/mol. The van der Waals surface area contributed by atoms with E-state index >= 15 is 0 Å². The van der Waals surface area contributed by atoms with Crippen LogP contribution >= 0.6 is 0 Å². The number of hydrogen-bond donors (Lipinski definition) is 2. The van der Waals surface area contributed by atoms with Crippen LogP contribution in [0.1, 0.15) is 23.2 Å². The second kappa shape index (κ2) is 8.66. The molecule has 1 atom stereocenters. The van der Waals surface area contributed by atoms with Gasteiger partial charge in [-0.3, -0.25) is 9.59 Å². The molecule has 1 saturated heterocycles. The van der Waals surface area contributed by atoms with Crippen LogP contribution in [0.2, 0.25) is 0 Å². The zero-order valence-electron chi connectivity index (χ0n) is 15.3. The number of hydrogen-bond acceptors (Lipinski definition) is 6. The molecule has 26 heavy (non-hydrogen) atoms. The first-order valence-corrected chi connectivity index (χ1v) is 8.47. The van der Waals surface area contributed by atoms with E-state index in [0.29, 0.717) is 13.1 Å². The molecule has 1 unspecified atom stereocenters. The van der Waals surface area contributed by atoms with Gasteiger partial charge in [0.25, 0.3) is 0 Å². The lowest BCUT2D eigenvalue weighted by Crippen LogP contribution is -2.30. The second-order valence-electron chi connectivity index (χ2n) is 6.58. The molecule has 1 aromatic carbocycles. The van der Waals surface area contributed by atoms with Crippen LogP contribution in [0.15, 0.2) is 18.2 Å². The third kappa shape index (κ3) is 4.72. The Kier molecular flexibility index (Phi) is 6.57. The van der Waals surface area contributed by atoms with Crippen LogP contribution in [0, 0.1) is 5.92 Å². The van der Waals surface area contributed by atoms with Crippen molar-refractivity contribution in [3.05, 3.63) is 23.8 Å². The van der Waals surface area contributed by atoms with Crippen LogP contribution < -0.4 is 5.32 Å². The molecule has 0 aromatic heterocycles. The van der Waals surface area contributed by atoms with Crippen molar-refractivity contribution < 1.29 is 24.2 Å². The minimum atomic E-state index is -0.693. The van der Waals surface area contributed by atoms with Gasteiger partial charge in [0.2, 0.25) is 11.8 Å². The fraction of sp³-hybridized carbons (Fsp3) is 0.500. The summed E-state index contributed by atoms with van der Waals surface area (Å²) in [7, 11) is 5.15. The quantitative estimate of drug-likeness (QED) is 0.552. The summed E-state index contributed by atoms with van der Waals surface area (Å²) in [6, 6.07) is 4.43. The fourth-order valence-electron chi connectivity index (χ4n) is 2.90. The summed E-state index contributed by atoms with van der Waals surface area (Å²) in [6.45, 7) is 1.84. The number of phenols is 1. The predicted octanol–water partition coefficient (Wildman–Crippen LogP) is 0.917. The van der Waals surface area contributed by atoms with E-state index in [1.807, 2.05) is 19.0 Å². The Labute approximate surface area is 152 Å². The predicted molar refractivity (Wildman–Crippen MR) is 95.9 cm³/mol. The molecule has 0 bridgehead atoms. The van der Waals surface area contributed by atoms with Crippen molar-refractivity contribution in [3.8, 4) is 5.75 Å². The molecule has 2 N–H and O–H groups in total. The van der Waals surface area contributed by atoms with Gasteiger partial charge in [-0.1, -0.05) is 6.07 Å². The molecule has 0 saturated carbocycles. The smallest absolute Gasteiger partial charge is 0.341 e. The van der Waals surface area contributed by atoms with Gasteiger partial charge < -0.3 is 25.0 Å². The average Bonchev–Trinajstić information content (AvgIpc) is 2.97. The Morgan fingerprint density at radius 2 is 2.12 bits per heavy atom. The third-order valence-corrected chi connectivity index (χ3v) is 4.32. The first-order chi connectivity index (χ1) is 12.3. The molecule has 0 aliphatic carbocycles. The van der Waals surface area contributed by atoms with E-state index in [1.165, 1.54) is 25.3 Å². The van der Waals surface area contributed by atoms with Gasteiger partial charge in [0.05, 0.1) is 18.7 Å². The van der Waals surface area contributed by atoms with Gasteiger partial charge in [0.1, 0.15) is 5.56 Å². The zero-order chi connectivity index (χ0) is 19.3. The van der Waals surface area contributed by atoms with Gasteiger partial charge in [-0.05, 0) is 39.2 Å². The number of ether oxygens (including phenoxy) is 1. The van der Waals surface area contributed by atoms with Gasteiger partial charge in [-0.25, -0.2) is 4.79 Å². The molecule has 1 aliphatic rings. The van der Waals surface area contributed by atoms with Crippen molar-refractivity contribution >= 4 is 23.5 Å². The number of nitrogens with one attached hydrogen (secondary N) is 1. The van der Waals surface area contributed by atoms with Crippen molar-refractivity contribution in [2.24, 2.45) is 5.92 Å². The highest BCUT2D eigenvalue weighted by atomic mass is 16.5. The molecule has 142 valence electrons. The number of anilines is 1. The lowest BCUT2D eigenvalue weighted by molar-refractivity contribution is -0.128. The SMILES string of the molecule is COC(=O)c1cccc(NC(=O)C2CC(=O)N(CCCN(C)C)C2)c1O. The second-order valence-corrected chi connectivity index (χ2v) is 6.58. The number of benzene rings is 1. The lowest BCUT2D eigenvalue weighted by Gasteiger charge is -2.18. The molecule has 1 fully saturated rings. The summed E-state index contributed by atoms with van der Waals surface area (Å²) >= 11 is 0. The Morgan fingerprint density at radius 1 is 1.38 bits per heavy atom. The Hall–Kier alpha value is -2.61. The van der Waals surface area contributed by atoms with Crippen molar-refractivity contribution in [1.82, 2.24) is 9.80 Å². The van der Waals surface area contributed by atoms with E-state index < -0.39 is 11.9 Å². The number of para-hydroxylation sites is 1. The molecule has 8 heteroatoms. The van der Waals surface area contributed by atoms with Gasteiger partial charge in [0.15, 0.2) is 5.75 Å². The maximum Gasteiger partial charge on any atom is 0.341 e. The van der Waals surface area contributed by atoms with E-state index in [0.717, 1.165) is 13.0 Å². The number of methoxy groups -OCH3 is 1. The summed E-state index contributed by atoms with van der Waals surface area (Å²) in [4.78, 5) is 39.9. The molecule has 1 aromatic rings. The summed E-state index contributed by atoms with van der Waals surface area (Å²) in [5.41, 5.74) is 0.0921. The van der Waals surface area contributed by atoms with Crippen molar-refractivity contribution in [2.75, 3.05) is 46.2 Å². The van der Waals surface area contributed by atoms with Crippen molar-refractivity contribution in [1.29, 1.82) is 0 Å². The van der Waals surface area contributed by atoms with Crippen LogP contribution in [0.3, 0.4) is 0 Å². The average molecular weight is 363 g/mol. The first kappa shape index (κ1) is 19.7.